The van der Waals surface area contributed by atoms with Crippen molar-refractivity contribution < 1.29 is 82.6 Å². The number of hydrogen-bond acceptors (Lipinski definition) is 26. The van der Waals surface area contributed by atoms with Gasteiger partial charge in [0.1, 0.15) is 51.8 Å². The molecule has 0 unspecified atom stereocenters. The molecule has 0 amide bonds. The first kappa shape index (κ1) is 47.8. The van der Waals surface area contributed by atoms with Gasteiger partial charge in [-0.2, -0.15) is 15.0 Å². The third kappa shape index (κ3) is 10.8. The molecule has 340 valence electrons. The molecule has 64 heavy (non-hydrogen) atoms. The van der Waals surface area contributed by atoms with Crippen molar-refractivity contribution >= 4 is 129 Å². The lowest BCUT2D eigenvalue weighted by molar-refractivity contribution is 0.276. The van der Waals surface area contributed by atoms with E-state index in [0.717, 1.165) is 36.4 Å². The van der Waals surface area contributed by atoms with Gasteiger partial charge in [0, 0.05) is 21.8 Å². The summed E-state index contributed by atoms with van der Waals surface area (Å²) in [7, 11) is -31.6. The van der Waals surface area contributed by atoms with Crippen LogP contribution in [0.1, 0.15) is 0 Å². The summed E-state index contributed by atoms with van der Waals surface area (Å²) in [5.74, 6) is -3.35. The molecule has 0 aliphatic carbocycles. The van der Waals surface area contributed by atoms with Crippen LogP contribution in [0.5, 0.6) is 5.75 Å². The average Bonchev–Trinajstić information content (AvgIpc) is 3.14. The van der Waals surface area contributed by atoms with E-state index >= 15 is 0 Å². The molecule has 0 aliphatic rings. The maximum Gasteiger partial charge on any atom is 0.233 e. The van der Waals surface area contributed by atoms with Gasteiger partial charge < -0.3 is 38.5 Å². The number of sulfone groups is 1. The molecule has 0 fully saturated rings. The van der Waals surface area contributed by atoms with E-state index in [0.29, 0.717) is 24.3 Å². The van der Waals surface area contributed by atoms with Crippen LogP contribution >= 0.6 is 11.6 Å². The van der Waals surface area contributed by atoms with Gasteiger partial charge in [-0.15, -0.1) is 10.2 Å². The van der Waals surface area contributed by atoms with Crippen LogP contribution in [0.4, 0.5) is 34.6 Å². The maximum absolute atomic E-state index is 12.7. The third-order valence-corrected chi connectivity index (χ3v) is 14.1. The summed E-state index contributed by atoms with van der Waals surface area (Å²) in [4.78, 5) is 6.51. The minimum Gasteiger partial charge on any atom is -0.744 e. The van der Waals surface area contributed by atoms with Gasteiger partial charge in [-0.1, -0.05) is 24.3 Å². The fourth-order valence-corrected chi connectivity index (χ4v) is 10.2. The van der Waals surface area contributed by atoms with Crippen molar-refractivity contribution in [3.63, 3.8) is 0 Å². The van der Waals surface area contributed by atoms with Gasteiger partial charge >= 0.3 is 0 Å². The predicted octanol–water partition coefficient (Wildman–Crippen LogP) is 2.31. The first-order valence-electron chi connectivity index (χ1n) is 16.5. The normalized spacial score (nSPS) is 13.2. The van der Waals surface area contributed by atoms with E-state index in [1.54, 1.807) is 0 Å². The second kappa shape index (κ2) is 17.1. The summed E-state index contributed by atoms with van der Waals surface area (Å²) in [6.07, 6.45) is 0. The number of fused-ring (bicyclic) bond motifs is 2. The molecule has 5 aromatic carbocycles. The minimum absolute atomic E-state index is 0.0502. The summed E-state index contributed by atoms with van der Waals surface area (Å²) in [5.41, 5.74) is -2.89. The van der Waals surface area contributed by atoms with Crippen molar-refractivity contribution in [2.75, 3.05) is 23.0 Å². The van der Waals surface area contributed by atoms with Gasteiger partial charge in [0.2, 0.25) is 27.6 Å². The quantitative estimate of drug-likeness (QED) is 0.0754. The predicted molar refractivity (Wildman–Crippen MR) is 211 cm³/mol. The Hall–Kier alpha value is -5.62. The van der Waals surface area contributed by atoms with Gasteiger partial charge in [0.15, 0.2) is 15.6 Å². The van der Waals surface area contributed by atoms with E-state index in [2.05, 4.69) is 40.0 Å². The number of phenolic OH excluding ortho intramolecular Hbond substituents is 1. The lowest BCUT2D eigenvalue weighted by atomic mass is 10.1. The first-order valence-corrected chi connectivity index (χ1v) is 25.5. The van der Waals surface area contributed by atoms with Crippen molar-refractivity contribution in [3.8, 4) is 5.75 Å². The summed E-state index contributed by atoms with van der Waals surface area (Å²) < 4.78 is 209. The van der Waals surface area contributed by atoms with Gasteiger partial charge in [0.05, 0.1) is 42.5 Å². The van der Waals surface area contributed by atoms with Gasteiger partial charge in [-0.25, -0.2) is 50.5 Å². The van der Waals surface area contributed by atoms with Gasteiger partial charge in [-0.05, 0) is 65.5 Å². The van der Waals surface area contributed by atoms with Crippen LogP contribution in [0.3, 0.4) is 0 Å². The molecule has 0 radical (unpaired) electrons. The molecule has 1 heterocycles. The molecule has 6 aromatic rings. The second-order valence-electron chi connectivity index (χ2n) is 12.5. The van der Waals surface area contributed by atoms with Crippen molar-refractivity contribution in [1.82, 2.24) is 15.0 Å². The molecule has 0 saturated carbocycles. The molecule has 6 rings (SSSR count). The first-order chi connectivity index (χ1) is 29.4. The van der Waals surface area contributed by atoms with Gasteiger partial charge in [-0.3, -0.25) is 4.18 Å². The van der Waals surface area contributed by atoms with E-state index in [9.17, 15) is 78.4 Å². The number of nitrogens with zero attached hydrogens (tertiary/aromatic N) is 5. The summed E-state index contributed by atoms with van der Waals surface area (Å²) >= 11 is 6.08. The Kier molecular flexibility index (Phi) is 12.8. The van der Waals surface area contributed by atoms with Crippen LogP contribution in [-0.2, 0) is 64.9 Å². The van der Waals surface area contributed by atoms with E-state index in [1.807, 2.05) is 0 Å². The summed E-state index contributed by atoms with van der Waals surface area (Å²) in [6.45, 7) is -1.00. The number of nitrogens with one attached hydrogen (secondary N) is 2. The lowest BCUT2D eigenvalue weighted by Gasteiger charge is -2.19. The number of rotatable bonds is 15. The van der Waals surface area contributed by atoms with Crippen molar-refractivity contribution in [1.29, 1.82) is 0 Å². The third-order valence-electron chi connectivity index (χ3n) is 8.29. The highest BCUT2D eigenvalue weighted by Gasteiger charge is 2.24. The zero-order chi connectivity index (χ0) is 47.4. The highest BCUT2D eigenvalue weighted by atomic mass is 35.5. The number of anilines is 4. The molecule has 0 aliphatic heterocycles. The average molecular weight is 1020 g/mol. The number of halogens is 1. The van der Waals surface area contributed by atoms with E-state index in [1.165, 1.54) is 12.1 Å². The monoisotopic (exact) mass is 1020 g/mol. The molecule has 3 N–H and O–H groups in total. The van der Waals surface area contributed by atoms with Gasteiger partial charge in [0.25, 0.3) is 0 Å². The fourth-order valence-electron chi connectivity index (χ4n) is 5.79. The number of benzene rings is 5. The number of azo groups is 1. The Morgan fingerprint density at radius 3 is 1.89 bits per heavy atom. The number of aromatic hydroxyl groups is 1. The van der Waals surface area contributed by atoms with Crippen LogP contribution in [0.15, 0.2) is 108 Å². The molecule has 1 aromatic heterocycles. The fraction of sp³-hybridized carbons (Fsp3) is 0.0645. The van der Waals surface area contributed by atoms with Crippen LogP contribution in [-0.4, -0.2) is 106 Å². The minimum atomic E-state index is -5.76. The van der Waals surface area contributed by atoms with Crippen LogP contribution in [0.25, 0.3) is 21.5 Å². The van der Waals surface area contributed by atoms with Crippen molar-refractivity contribution in [2.24, 2.45) is 10.2 Å². The lowest BCUT2D eigenvalue weighted by Crippen LogP contribution is -2.15. The zero-order valence-corrected chi connectivity index (χ0v) is 36.4. The molecule has 0 saturated heterocycles. The Balaban J connectivity index is 1.48. The number of phenols is 1. The Morgan fingerprint density at radius 1 is 0.641 bits per heavy atom. The van der Waals surface area contributed by atoms with Crippen molar-refractivity contribution in [3.05, 3.63) is 78.1 Å². The topological polar surface area (TPSA) is 437 Å². The van der Waals surface area contributed by atoms with Crippen molar-refractivity contribution in [2.45, 2.75) is 24.5 Å². The van der Waals surface area contributed by atoms with Crippen LogP contribution in [0.2, 0.25) is 5.28 Å². The Morgan fingerprint density at radius 2 is 1.28 bits per heavy atom. The molecule has 26 nitrogen and oxygen atoms in total. The molecule has 0 spiro atoms. The van der Waals surface area contributed by atoms with Crippen LogP contribution in [0, 0.1) is 0 Å². The number of hydrogen-bond donors (Lipinski definition) is 3. The zero-order valence-electron chi connectivity index (χ0n) is 30.7. The highest BCUT2D eigenvalue weighted by molar-refractivity contribution is 7.91. The smallest absolute Gasteiger partial charge is 0.233 e. The molecule has 0 bridgehead atoms. The van der Waals surface area contributed by atoms with Crippen LogP contribution < -0.4 is 10.6 Å². The van der Waals surface area contributed by atoms with E-state index in [-0.39, 0.29) is 5.69 Å². The SMILES string of the molecule is O=S(=O)([O-])OCCS(=O)(=O)c1cccc(Nc2nc(Cl)nc(Nc3cc(S(=O)(=O)[O-])cc4cc(S(=O)(=O)[O-])c(N=Nc5ccc6c(S(=O)(=O)[O-])cccc6c5S(=O)(=O)[O-])c(O)c34)n2)c1. The summed E-state index contributed by atoms with van der Waals surface area (Å²) in [5, 5.41) is 20.5. The van der Waals surface area contributed by atoms with E-state index in [4.69, 9.17) is 11.6 Å². The Labute approximate surface area is 365 Å². The Bertz CT molecular complexity index is 3670. The molecular formula is C31H19ClN7O19S6-5. The summed E-state index contributed by atoms with van der Waals surface area (Å²) in [6, 6.07) is 10.5. The maximum atomic E-state index is 12.7. The largest absolute Gasteiger partial charge is 0.744 e. The molecule has 0 atom stereocenters. The molecule has 33 heteroatoms. The standard InChI is InChI=1S/C31H24ClN7O19S6/c32-29-35-30(33-16-3-1-4-17(13-16)59(41,42)10-9-58-64(55,56)57)37-31(36-29)34-22-14-18(60(43,44)45)11-15-12-24(62(49,50)51)26(27(40)25(15)22)39-38-21-8-7-19-20(28(21)63(52,53)54)5-2-6-23(19)61(46,47)48/h1-8,11-14,40H,9-10H2,(H,43,44,45)(H,46,47,48)(H,49,50,51)(H,52,53,54)(H,55,56,57)(H2,33,34,35,36,37)/p-5. The molecular weight excluding hydrogens is 1000 g/mol. The number of aromatic nitrogens is 3. The highest BCUT2D eigenvalue weighted by Crippen LogP contribution is 2.46. The second-order valence-corrected chi connectivity index (χ2v) is 21.4. The van der Waals surface area contributed by atoms with E-state index < -0.39 is 159 Å².